The van der Waals surface area contributed by atoms with E-state index >= 15 is 0 Å². The predicted octanol–water partition coefficient (Wildman–Crippen LogP) is 1.29. The number of likely N-dealkylation sites (tertiary alicyclic amines) is 2. The molecule has 4 aliphatic rings. The molecule has 1 spiro atoms. The number of nitrogens with one attached hydrogen (secondary N) is 1. The number of carbonyl (C=O) groups is 2. The summed E-state index contributed by atoms with van der Waals surface area (Å²) in [6.07, 6.45) is -0.965. The molecule has 0 bridgehead atoms. The number of hydrogen-bond acceptors (Lipinski definition) is 4. The maximum Gasteiger partial charge on any atom is 0.416 e. The highest BCUT2D eigenvalue weighted by molar-refractivity contribution is 5.79. The van der Waals surface area contributed by atoms with Crippen LogP contribution >= 0.6 is 0 Å². The SMILES string of the molecule is O=C1CO[C@H]2CCN(C(=O)N3CC4(CC(Cn5ccc(C(F)(F)F)cc5=O)C4)C3)C[C@H]2N1. The van der Waals surface area contributed by atoms with E-state index < -0.39 is 17.3 Å². The van der Waals surface area contributed by atoms with Crippen LogP contribution in [0.4, 0.5) is 18.0 Å². The highest BCUT2D eigenvalue weighted by atomic mass is 19.4. The molecule has 3 amide bonds. The zero-order chi connectivity index (χ0) is 22.7. The van der Waals surface area contributed by atoms with Gasteiger partial charge in [-0.1, -0.05) is 0 Å². The van der Waals surface area contributed by atoms with Gasteiger partial charge >= 0.3 is 12.2 Å². The third-order valence-corrected chi connectivity index (χ3v) is 7.14. The van der Waals surface area contributed by atoms with Crippen molar-refractivity contribution in [1.29, 1.82) is 0 Å². The Labute approximate surface area is 182 Å². The molecule has 0 unspecified atom stereocenters. The molecular weight excluding hydrogens is 429 g/mol. The molecule has 3 saturated heterocycles. The van der Waals surface area contributed by atoms with Gasteiger partial charge in [0.1, 0.15) is 6.61 Å². The van der Waals surface area contributed by atoms with E-state index in [0.29, 0.717) is 45.2 Å². The normalized spacial score (nSPS) is 27.4. The number of nitrogens with zero attached hydrogens (tertiary/aromatic N) is 3. The highest BCUT2D eigenvalue weighted by Crippen LogP contribution is 2.52. The van der Waals surface area contributed by atoms with Crippen LogP contribution in [-0.4, -0.2) is 71.2 Å². The number of aromatic nitrogens is 1. The lowest BCUT2D eigenvalue weighted by Gasteiger charge is -2.60. The molecule has 32 heavy (non-hydrogen) atoms. The maximum atomic E-state index is 12.9. The molecule has 8 nitrogen and oxygen atoms in total. The summed E-state index contributed by atoms with van der Waals surface area (Å²) in [5, 5.41) is 2.90. The van der Waals surface area contributed by atoms with E-state index in [9.17, 15) is 27.6 Å². The van der Waals surface area contributed by atoms with E-state index in [2.05, 4.69) is 5.32 Å². The zero-order valence-corrected chi connectivity index (χ0v) is 17.4. The van der Waals surface area contributed by atoms with E-state index in [1.807, 2.05) is 4.90 Å². The first-order valence-corrected chi connectivity index (χ1v) is 10.8. The molecule has 2 atom stereocenters. The third kappa shape index (κ3) is 3.87. The van der Waals surface area contributed by atoms with Crippen LogP contribution in [0.5, 0.6) is 0 Å². The Kier molecular flexibility index (Phi) is 4.99. The number of hydrogen-bond donors (Lipinski definition) is 1. The minimum Gasteiger partial charge on any atom is -0.366 e. The molecule has 0 radical (unpaired) electrons. The second-order valence-corrected chi connectivity index (χ2v) is 9.57. The molecule has 0 aromatic carbocycles. The molecule has 3 aliphatic heterocycles. The van der Waals surface area contributed by atoms with E-state index in [-0.39, 0.29) is 42.0 Å². The van der Waals surface area contributed by atoms with Crippen LogP contribution in [0.3, 0.4) is 0 Å². The van der Waals surface area contributed by atoms with Crippen molar-refractivity contribution < 1.29 is 27.5 Å². The van der Waals surface area contributed by atoms with Crippen molar-refractivity contribution in [2.75, 3.05) is 32.8 Å². The van der Waals surface area contributed by atoms with Gasteiger partial charge in [-0.3, -0.25) is 9.59 Å². The maximum absolute atomic E-state index is 12.9. The number of urea groups is 1. The molecule has 4 heterocycles. The van der Waals surface area contributed by atoms with Crippen LogP contribution in [0.1, 0.15) is 24.8 Å². The summed E-state index contributed by atoms with van der Waals surface area (Å²) >= 11 is 0. The fourth-order valence-corrected chi connectivity index (χ4v) is 5.64. The second kappa shape index (κ2) is 7.50. The minimum atomic E-state index is -4.52. The summed E-state index contributed by atoms with van der Waals surface area (Å²) in [6.45, 7) is 2.80. The molecule has 4 fully saturated rings. The lowest BCUT2D eigenvalue weighted by atomic mass is 9.57. The average molecular weight is 454 g/mol. The van der Waals surface area contributed by atoms with Crippen molar-refractivity contribution in [3.8, 4) is 0 Å². The van der Waals surface area contributed by atoms with Gasteiger partial charge in [0, 0.05) is 50.4 Å². The quantitative estimate of drug-likeness (QED) is 0.730. The van der Waals surface area contributed by atoms with Crippen LogP contribution < -0.4 is 10.9 Å². The number of alkyl halides is 3. The number of pyridine rings is 1. The smallest absolute Gasteiger partial charge is 0.366 e. The molecule has 1 aliphatic carbocycles. The van der Waals surface area contributed by atoms with E-state index in [1.54, 1.807) is 4.90 Å². The number of piperidine rings is 1. The standard InChI is InChI=1S/C21H25F3N4O4/c22-21(23,24)14-1-3-26(18(30)5-14)8-13-6-20(7-13)11-28(12-20)19(31)27-4-2-16-15(9-27)25-17(29)10-32-16/h1,3,5,13,15-16H,2,4,6-12H2,(H,25,29)/t15-,16+/m1/s1. The summed E-state index contributed by atoms with van der Waals surface area (Å²) in [7, 11) is 0. The van der Waals surface area contributed by atoms with Crippen molar-refractivity contribution in [1.82, 2.24) is 19.7 Å². The monoisotopic (exact) mass is 454 g/mol. The van der Waals surface area contributed by atoms with Crippen LogP contribution in [0.25, 0.3) is 0 Å². The van der Waals surface area contributed by atoms with Crippen molar-refractivity contribution in [2.24, 2.45) is 11.3 Å². The molecule has 5 rings (SSSR count). The van der Waals surface area contributed by atoms with Crippen molar-refractivity contribution in [2.45, 2.75) is 44.1 Å². The first kappa shape index (κ1) is 21.3. The number of ether oxygens (including phenoxy) is 1. The molecule has 1 N–H and O–H groups in total. The number of morpholine rings is 1. The van der Waals surface area contributed by atoms with E-state index in [4.69, 9.17) is 4.74 Å². The lowest BCUT2D eigenvalue weighted by molar-refractivity contribution is -0.140. The highest BCUT2D eigenvalue weighted by Gasteiger charge is 2.54. The van der Waals surface area contributed by atoms with Crippen molar-refractivity contribution >= 4 is 11.9 Å². The summed E-state index contributed by atoms with van der Waals surface area (Å²) in [5.74, 6) is 0.0585. The largest absolute Gasteiger partial charge is 0.416 e. The van der Waals surface area contributed by atoms with Gasteiger partial charge in [0.25, 0.3) is 5.56 Å². The van der Waals surface area contributed by atoms with Gasteiger partial charge in [0.05, 0.1) is 17.7 Å². The number of amides is 3. The number of halogens is 3. The Balaban J connectivity index is 1.10. The Bertz CT molecular complexity index is 980. The summed E-state index contributed by atoms with van der Waals surface area (Å²) in [6, 6.07) is 1.37. The zero-order valence-electron chi connectivity index (χ0n) is 17.4. The van der Waals surface area contributed by atoms with Gasteiger partial charge in [-0.05, 0) is 31.2 Å². The topological polar surface area (TPSA) is 83.9 Å². The fraction of sp³-hybridized carbons (Fsp3) is 0.667. The molecule has 11 heteroatoms. The first-order chi connectivity index (χ1) is 15.1. The number of rotatable bonds is 2. The minimum absolute atomic E-state index is 0.0312. The Hall–Kier alpha value is -2.56. The molecular formula is C21H25F3N4O4. The average Bonchev–Trinajstić information content (AvgIpc) is 2.68. The fourth-order valence-electron chi connectivity index (χ4n) is 5.64. The lowest BCUT2D eigenvalue weighted by Crippen LogP contribution is -2.68. The number of fused-ring (bicyclic) bond motifs is 1. The summed E-state index contributed by atoms with van der Waals surface area (Å²) < 4.78 is 45.0. The van der Waals surface area contributed by atoms with Crippen LogP contribution in [0.2, 0.25) is 0 Å². The van der Waals surface area contributed by atoms with Crippen LogP contribution in [0, 0.1) is 11.3 Å². The van der Waals surface area contributed by atoms with Gasteiger partial charge in [-0.2, -0.15) is 13.2 Å². The summed E-state index contributed by atoms with van der Waals surface area (Å²) in [4.78, 5) is 40.0. The van der Waals surface area contributed by atoms with E-state index in [0.717, 1.165) is 18.9 Å². The molecule has 1 aromatic heterocycles. The summed E-state index contributed by atoms with van der Waals surface area (Å²) in [5.41, 5.74) is -1.52. The Morgan fingerprint density at radius 1 is 1.22 bits per heavy atom. The second-order valence-electron chi connectivity index (χ2n) is 9.57. The van der Waals surface area contributed by atoms with Crippen molar-refractivity contribution in [3.63, 3.8) is 0 Å². The van der Waals surface area contributed by atoms with Crippen molar-refractivity contribution in [3.05, 3.63) is 34.2 Å². The predicted molar refractivity (Wildman–Crippen MR) is 106 cm³/mol. The van der Waals surface area contributed by atoms with Gasteiger partial charge in [0.2, 0.25) is 5.91 Å². The molecule has 1 aromatic rings. The van der Waals surface area contributed by atoms with Gasteiger partial charge in [0.15, 0.2) is 0 Å². The van der Waals surface area contributed by atoms with Gasteiger partial charge in [-0.25, -0.2) is 4.79 Å². The molecule has 1 saturated carbocycles. The first-order valence-electron chi connectivity index (χ1n) is 10.8. The number of carbonyl (C=O) groups excluding carboxylic acids is 2. The van der Waals surface area contributed by atoms with E-state index in [1.165, 1.54) is 10.8 Å². The molecule has 174 valence electrons. The van der Waals surface area contributed by atoms with Gasteiger partial charge in [-0.15, -0.1) is 0 Å². The third-order valence-electron chi connectivity index (χ3n) is 7.14. The van der Waals surface area contributed by atoms with Crippen LogP contribution in [0.15, 0.2) is 23.1 Å². The van der Waals surface area contributed by atoms with Crippen LogP contribution in [-0.2, 0) is 22.3 Å². The Morgan fingerprint density at radius 2 is 1.97 bits per heavy atom. The Morgan fingerprint density at radius 3 is 2.66 bits per heavy atom. The van der Waals surface area contributed by atoms with Gasteiger partial charge < -0.3 is 24.4 Å².